The quantitative estimate of drug-likeness (QED) is 0.494. The summed E-state index contributed by atoms with van der Waals surface area (Å²) in [6.07, 6.45) is 7.14. The first kappa shape index (κ1) is 17.7. The first-order chi connectivity index (χ1) is 13.8. The van der Waals surface area contributed by atoms with Crippen molar-refractivity contribution in [2.45, 2.75) is 0 Å². The molecule has 0 aliphatic rings. The van der Waals surface area contributed by atoms with Gasteiger partial charge in [0.15, 0.2) is 5.78 Å². The third-order valence-electron chi connectivity index (χ3n) is 4.32. The van der Waals surface area contributed by atoms with E-state index < -0.39 is 0 Å². The third-order valence-corrected chi connectivity index (χ3v) is 4.32. The van der Waals surface area contributed by atoms with E-state index in [-0.39, 0.29) is 18.9 Å². The van der Waals surface area contributed by atoms with Crippen molar-refractivity contribution < 1.29 is 9.53 Å². The van der Waals surface area contributed by atoms with Crippen LogP contribution >= 0.6 is 0 Å². The molecular weight excluding hydrogens is 350 g/mol. The molecule has 0 atom stereocenters. The highest BCUT2D eigenvalue weighted by Crippen LogP contribution is 2.23. The number of H-pyrrole nitrogens is 1. The maximum Gasteiger partial charge on any atom is 0.191 e. The monoisotopic (exact) mass is 369 g/mol. The molecule has 4 rings (SSSR count). The van der Waals surface area contributed by atoms with Crippen LogP contribution in [0.1, 0.15) is 5.56 Å². The van der Waals surface area contributed by atoms with E-state index in [2.05, 4.69) is 15.0 Å². The Bertz CT molecular complexity index is 1120. The lowest BCUT2D eigenvalue weighted by molar-refractivity contribution is -0.119. The van der Waals surface area contributed by atoms with Crippen LogP contribution in [-0.2, 0) is 4.79 Å². The van der Waals surface area contributed by atoms with E-state index in [1.165, 1.54) is 0 Å². The van der Waals surface area contributed by atoms with Gasteiger partial charge in [0.1, 0.15) is 18.9 Å². The van der Waals surface area contributed by atoms with Crippen LogP contribution in [0.4, 0.5) is 0 Å². The van der Waals surface area contributed by atoms with E-state index in [1.807, 2.05) is 66.9 Å². The van der Waals surface area contributed by atoms with E-state index in [9.17, 15) is 4.79 Å². The van der Waals surface area contributed by atoms with Crippen LogP contribution in [0.25, 0.3) is 22.0 Å². The molecule has 2 heterocycles. The van der Waals surface area contributed by atoms with Crippen LogP contribution in [0.3, 0.4) is 0 Å². The lowest BCUT2D eigenvalue weighted by Gasteiger charge is -2.07. The minimum atomic E-state index is -0.0796. The van der Waals surface area contributed by atoms with E-state index in [0.29, 0.717) is 5.75 Å². The van der Waals surface area contributed by atoms with Crippen molar-refractivity contribution >= 4 is 22.9 Å². The number of ether oxygens (including phenoxy) is 1. The van der Waals surface area contributed by atoms with Gasteiger partial charge >= 0.3 is 0 Å². The molecule has 138 valence electrons. The number of ketones is 1. The second-order valence-electron chi connectivity index (χ2n) is 6.39. The number of hydrogen-bond acceptors (Lipinski definition) is 4. The number of aliphatic imine (C=N–C) groups is 1. The molecule has 2 aromatic carbocycles. The van der Waals surface area contributed by atoms with E-state index >= 15 is 0 Å². The molecule has 2 aromatic heterocycles. The number of pyridine rings is 1. The smallest absolute Gasteiger partial charge is 0.191 e. The van der Waals surface area contributed by atoms with Crippen LogP contribution in [0.5, 0.6) is 5.75 Å². The maximum absolute atomic E-state index is 12.1. The minimum Gasteiger partial charge on any atom is -0.486 e. The highest BCUT2D eigenvalue weighted by atomic mass is 16.5. The Morgan fingerprint density at radius 2 is 2.00 bits per heavy atom. The maximum atomic E-state index is 12.1. The summed E-state index contributed by atoms with van der Waals surface area (Å²) in [5, 5.41) is 1.15. The second kappa shape index (κ2) is 8.31. The molecule has 0 amide bonds. The fourth-order valence-corrected chi connectivity index (χ4v) is 2.91. The highest BCUT2D eigenvalue weighted by molar-refractivity contribution is 5.90. The van der Waals surface area contributed by atoms with E-state index in [4.69, 9.17) is 4.74 Å². The summed E-state index contributed by atoms with van der Waals surface area (Å²) in [6, 6.07) is 19.5. The lowest BCUT2D eigenvalue weighted by Crippen LogP contribution is -2.14. The molecule has 0 unspecified atom stereocenters. The first-order valence-electron chi connectivity index (χ1n) is 9.00. The average Bonchev–Trinajstić information content (AvgIpc) is 3.21. The fraction of sp³-hybridized carbons (Fsp3) is 0.0870. The molecule has 0 bridgehead atoms. The lowest BCUT2D eigenvalue weighted by atomic mass is 10.1. The summed E-state index contributed by atoms with van der Waals surface area (Å²) in [6.45, 7) is 0.0779. The number of aromatic amines is 1. The zero-order chi connectivity index (χ0) is 19.2. The van der Waals surface area contributed by atoms with Gasteiger partial charge in [0.05, 0.1) is 0 Å². The van der Waals surface area contributed by atoms with Crippen molar-refractivity contribution in [3.63, 3.8) is 0 Å². The average molecular weight is 369 g/mol. The van der Waals surface area contributed by atoms with Gasteiger partial charge < -0.3 is 9.72 Å². The minimum absolute atomic E-state index is 0.0104. The largest absolute Gasteiger partial charge is 0.486 e. The Morgan fingerprint density at radius 1 is 1.07 bits per heavy atom. The molecule has 0 saturated carbocycles. The molecule has 0 spiro atoms. The van der Waals surface area contributed by atoms with Gasteiger partial charge in [-0.1, -0.05) is 30.3 Å². The number of benzene rings is 2. The summed E-state index contributed by atoms with van der Waals surface area (Å²) in [4.78, 5) is 23.6. The molecule has 0 aliphatic carbocycles. The van der Waals surface area contributed by atoms with Crippen molar-refractivity contribution in [3.05, 3.63) is 84.8 Å². The van der Waals surface area contributed by atoms with Gasteiger partial charge in [0.25, 0.3) is 0 Å². The topological polar surface area (TPSA) is 67.3 Å². The molecule has 0 fully saturated rings. The SMILES string of the molecule is O=C(CN=Cc1ccc2cc[nH]c2c1)COc1cccc(-c2cccnc2)c1. The van der Waals surface area contributed by atoms with Crippen LogP contribution in [-0.4, -0.2) is 35.1 Å². The number of nitrogens with zero attached hydrogens (tertiary/aromatic N) is 2. The molecule has 1 N–H and O–H groups in total. The normalized spacial score (nSPS) is 11.1. The Morgan fingerprint density at radius 3 is 2.89 bits per heavy atom. The van der Waals surface area contributed by atoms with Gasteiger partial charge in [-0.25, -0.2) is 0 Å². The van der Waals surface area contributed by atoms with E-state index in [0.717, 1.165) is 27.6 Å². The molecule has 5 nitrogen and oxygen atoms in total. The molecule has 4 aromatic rings. The van der Waals surface area contributed by atoms with Crippen LogP contribution in [0, 0.1) is 0 Å². The molecule has 28 heavy (non-hydrogen) atoms. The number of nitrogens with one attached hydrogen (secondary N) is 1. The molecule has 0 radical (unpaired) electrons. The Labute approximate surface area is 162 Å². The zero-order valence-corrected chi connectivity index (χ0v) is 15.2. The van der Waals surface area contributed by atoms with Crippen molar-refractivity contribution in [1.29, 1.82) is 0 Å². The molecular formula is C23H19N3O2. The zero-order valence-electron chi connectivity index (χ0n) is 15.2. The molecule has 5 heteroatoms. The van der Waals surface area contributed by atoms with Crippen molar-refractivity contribution in [3.8, 4) is 16.9 Å². The summed E-state index contributed by atoms with van der Waals surface area (Å²) >= 11 is 0. The Kier molecular flexibility index (Phi) is 5.24. The first-order valence-corrected chi connectivity index (χ1v) is 9.00. The number of aromatic nitrogens is 2. The van der Waals surface area contributed by atoms with Gasteiger partial charge in [0, 0.05) is 35.9 Å². The number of rotatable bonds is 7. The summed E-state index contributed by atoms with van der Waals surface area (Å²) in [5.74, 6) is 0.569. The number of hydrogen-bond donors (Lipinski definition) is 1. The number of fused-ring (bicyclic) bond motifs is 1. The number of carbonyl (C=O) groups is 1. The highest BCUT2D eigenvalue weighted by Gasteiger charge is 2.04. The van der Waals surface area contributed by atoms with Crippen molar-refractivity contribution in [2.75, 3.05) is 13.2 Å². The Hall–Kier alpha value is -3.73. The van der Waals surface area contributed by atoms with Crippen LogP contribution < -0.4 is 4.74 Å². The fourth-order valence-electron chi connectivity index (χ4n) is 2.91. The van der Waals surface area contributed by atoms with Crippen molar-refractivity contribution in [2.24, 2.45) is 4.99 Å². The molecule has 0 saturated heterocycles. The predicted molar refractivity (Wildman–Crippen MR) is 111 cm³/mol. The number of Topliss-reactive ketones (excluding diaryl/α,β-unsaturated/α-hetero) is 1. The Balaban J connectivity index is 1.32. The van der Waals surface area contributed by atoms with Crippen molar-refractivity contribution in [1.82, 2.24) is 9.97 Å². The summed E-state index contributed by atoms with van der Waals surface area (Å²) < 4.78 is 5.63. The summed E-state index contributed by atoms with van der Waals surface area (Å²) in [7, 11) is 0. The van der Waals surface area contributed by atoms with E-state index in [1.54, 1.807) is 18.6 Å². The van der Waals surface area contributed by atoms with Gasteiger partial charge in [-0.2, -0.15) is 0 Å². The van der Waals surface area contributed by atoms with Crippen LogP contribution in [0.2, 0.25) is 0 Å². The molecule has 0 aliphatic heterocycles. The van der Waals surface area contributed by atoms with Crippen LogP contribution in [0.15, 0.2) is 84.2 Å². The standard InChI is InChI=1S/C23H19N3O2/c27-21(15-25-13-17-6-7-18-8-10-26-23(18)11-17)16-28-22-5-1-3-19(12-22)20-4-2-9-24-14-20/h1-14,26H,15-16H2. The summed E-state index contributed by atoms with van der Waals surface area (Å²) in [5.41, 5.74) is 4.00. The van der Waals surface area contributed by atoms with Gasteiger partial charge in [-0.05, 0) is 46.8 Å². The third kappa shape index (κ3) is 4.32. The second-order valence-corrected chi connectivity index (χ2v) is 6.39. The van der Waals surface area contributed by atoms with Gasteiger partial charge in [0.2, 0.25) is 0 Å². The predicted octanol–water partition coefficient (Wildman–Crippen LogP) is 4.30. The van der Waals surface area contributed by atoms with Gasteiger partial charge in [-0.15, -0.1) is 0 Å². The van der Waals surface area contributed by atoms with Gasteiger partial charge in [-0.3, -0.25) is 14.8 Å². The number of carbonyl (C=O) groups excluding carboxylic acids is 1.